The summed E-state index contributed by atoms with van der Waals surface area (Å²) < 4.78 is 13.2. The second-order valence-electron chi connectivity index (χ2n) is 6.92. The first kappa shape index (κ1) is 21.8. The quantitative estimate of drug-likeness (QED) is 0.595. The van der Waals surface area contributed by atoms with Gasteiger partial charge in [0.1, 0.15) is 17.6 Å². The Balaban J connectivity index is 2.30. The van der Waals surface area contributed by atoms with Crippen LogP contribution in [0.2, 0.25) is 0 Å². The van der Waals surface area contributed by atoms with Gasteiger partial charge >= 0.3 is 5.97 Å². The van der Waals surface area contributed by atoms with E-state index in [9.17, 15) is 23.9 Å². The van der Waals surface area contributed by atoms with Crippen molar-refractivity contribution in [1.82, 2.24) is 10.6 Å². The van der Waals surface area contributed by atoms with Crippen LogP contribution in [-0.4, -0.2) is 28.9 Å². The van der Waals surface area contributed by atoms with Crippen molar-refractivity contribution in [3.05, 3.63) is 77.2 Å². The van der Waals surface area contributed by atoms with E-state index in [0.29, 0.717) is 11.1 Å². The molecule has 0 saturated carbocycles. The second kappa shape index (κ2) is 10.2. The van der Waals surface area contributed by atoms with Gasteiger partial charge in [0.05, 0.1) is 0 Å². The predicted octanol–water partition coefficient (Wildman–Crippen LogP) is 3.21. The largest absolute Gasteiger partial charge is 0.480 e. The molecule has 2 rings (SSSR count). The van der Waals surface area contributed by atoms with Crippen molar-refractivity contribution in [2.75, 3.05) is 0 Å². The van der Waals surface area contributed by atoms with Crippen LogP contribution < -0.4 is 10.6 Å². The van der Waals surface area contributed by atoms with Gasteiger partial charge in [-0.25, -0.2) is 9.18 Å². The van der Waals surface area contributed by atoms with Gasteiger partial charge in [-0.15, -0.1) is 0 Å². The molecule has 0 fully saturated rings. The molecule has 0 aromatic heterocycles. The lowest BCUT2D eigenvalue weighted by atomic mass is 10.0. The van der Waals surface area contributed by atoms with Gasteiger partial charge in [-0.05, 0) is 48.2 Å². The molecule has 1 atom stereocenters. The van der Waals surface area contributed by atoms with Crippen molar-refractivity contribution in [3.63, 3.8) is 0 Å². The van der Waals surface area contributed by atoms with E-state index >= 15 is 0 Å². The van der Waals surface area contributed by atoms with Crippen LogP contribution in [0.3, 0.4) is 0 Å². The Morgan fingerprint density at radius 1 is 1.03 bits per heavy atom. The maximum absolute atomic E-state index is 13.2. The van der Waals surface area contributed by atoms with Gasteiger partial charge < -0.3 is 15.7 Å². The molecule has 3 N–H and O–H groups in total. The van der Waals surface area contributed by atoms with Crippen LogP contribution in [0.5, 0.6) is 0 Å². The van der Waals surface area contributed by atoms with Crippen LogP contribution in [0, 0.1) is 11.7 Å². The van der Waals surface area contributed by atoms with E-state index in [1.807, 2.05) is 13.8 Å². The Morgan fingerprint density at radius 2 is 1.66 bits per heavy atom. The van der Waals surface area contributed by atoms with Crippen molar-refractivity contribution in [1.29, 1.82) is 0 Å². The highest BCUT2D eigenvalue weighted by atomic mass is 19.1. The maximum atomic E-state index is 13.2. The fraction of sp³-hybridized carbons (Fsp3) is 0.227. The highest BCUT2D eigenvalue weighted by Gasteiger charge is 2.24. The lowest BCUT2D eigenvalue weighted by Gasteiger charge is -2.18. The number of halogens is 1. The first-order valence-electron chi connectivity index (χ1n) is 9.13. The molecule has 0 radical (unpaired) electrons. The number of carboxylic acid groups (broad SMARTS) is 1. The SMILES string of the molecule is CC(C)CC(NC(=O)C(=Cc1ccc(F)cc1)NC(=O)c1ccccc1)C(=O)O. The van der Waals surface area contributed by atoms with E-state index in [2.05, 4.69) is 10.6 Å². The third kappa shape index (κ3) is 6.88. The summed E-state index contributed by atoms with van der Waals surface area (Å²) in [4.78, 5) is 36.7. The highest BCUT2D eigenvalue weighted by Crippen LogP contribution is 2.11. The Labute approximate surface area is 168 Å². The summed E-state index contributed by atoms with van der Waals surface area (Å²) in [5, 5.41) is 14.3. The monoisotopic (exact) mass is 398 g/mol. The summed E-state index contributed by atoms with van der Waals surface area (Å²) in [5.41, 5.74) is 0.670. The van der Waals surface area contributed by atoms with E-state index in [-0.39, 0.29) is 18.0 Å². The number of benzene rings is 2. The number of aliphatic carboxylic acids is 1. The fourth-order valence-electron chi connectivity index (χ4n) is 2.60. The number of hydrogen-bond donors (Lipinski definition) is 3. The predicted molar refractivity (Wildman–Crippen MR) is 107 cm³/mol. The first-order valence-corrected chi connectivity index (χ1v) is 9.13. The molecule has 2 amide bonds. The number of amides is 2. The zero-order valence-electron chi connectivity index (χ0n) is 16.2. The van der Waals surface area contributed by atoms with Gasteiger partial charge in [0, 0.05) is 5.56 Å². The Kier molecular flexibility index (Phi) is 7.65. The summed E-state index contributed by atoms with van der Waals surface area (Å²) in [6.45, 7) is 3.68. The van der Waals surface area contributed by atoms with E-state index < -0.39 is 29.6 Å². The van der Waals surface area contributed by atoms with E-state index in [1.54, 1.807) is 30.3 Å². The number of hydrogen-bond acceptors (Lipinski definition) is 3. The molecule has 0 spiro atoms. The van der Waals surface area contributed by atoms with Crippen molar-refractivity contribution < 1.29 is 23.9 Å². The van der Waals surface area contributed by atoms with Crippen molar-refractivity contribution in [2.45, 2.75) is 26.3 Å². The zero-order chi connectivity index (χ0) is 21.4. The molecular formula is C22H23FN2O4. The summed E-state index contributed by atoms with van der Waals surface area (Å²) in [6, 6.07) is 12.5. The van der Waals surface area contributed by atoms with Gasteiger partial charge in [0.2, 0.25) is 0 Å². The molecule has 1 unspecified atom stereocenters. The van der Waals surface area contributed by atoms with E-state index in [4.69, 9.17) is 0 Å². The number of rotatable bonds is 8. The molecule has 0 saturated heterocycles. The van der Waals surface area contributed by atoms with Crippen molar-refractivity contribution in [3.8, 4) is 0 Å². The van der Waals surface area contributed by atoms with Crippen LogP contribution >= 0.6 is 0 Å². The molecule has 7 heteroatoms. The summed E-state index contributed by atoms with van der Waals surface area (Å²) in [5.74, 6) is -2.83. The average molecular weight is 398 g/mol. The zero-order valence-corrected chi connectivity index (χ0v) is 16.2. The van der Waals surface area contributed by atoms with Gasteiger partial charge in [-0.2, -0.15) is 0 Å². The van der Waals surface area contributed by atoms with Crippen LogP contribution in [0.25, 0.3) is 6.08 Å². The lowest BCUT2D eigenvalue weighted by Crippen LogP contribution is -2.45. The summed E-state index contributed by atoms with van der Waals surface area (Å²) in [7, 11) is 0. The number of carbonyl (C=O) groups excluding carboxylic acids is 2. The minimum Gasteiger partial charge on any atom is -0.480 e. The van der Waals surface area contributed by atoms with Crippen LogP contribution in [-0.2, 0) is 9.59 Å². The average Bonchev–Trinajstić information content (AvgIpc) is 2.68. The maximum Gasteiger partial charge on any atom is 0.326 e. The number of carbonyl (C=O) groups is 3. The minimum absolute atomic E-state index is 0.0415. The highest BCUT2D eigenvalue weighted by molar-refractivity contribution is 6.06. The van der Waals surface area contributed by atoms with Gasteiger partial charge in [0.25, 0.3) is 11.8 Å². The minimum atomic E-state index is -1.16. The van der Waals surface area contributed by atoms with Gasteiger partial charge in [0.15, 0.2) is 0 Å². The normalized spacial score (nSPS) is 12.3. The Hall–Kier alpha value is -3.48. The fourth-order valence-corrected chi connectivity index (χ4v) is 2.60. The number of nitrogens with one attached hydrogen (secondary N) is 2. The van der Waals surface area contributed by atoms with Gasteiger partial charge in [-0.1, -0.05) is 44.2 Å². The van der Waals surface area contributed by atoms with E-state index in [0.717, 1.165) is 0 Å². The molecule has 6 nitrogen and oxygen atoms in total. The summed E-state index contributed by atoms with van der Waals surface area (Å²) in [6.07, 6.45) is 1.60. The topological polar surface area (TPSA) is 95.5 Å². The van der Waals surface area contributed by atoms with Crippen molar-refractivity contribution in [2.24, 2.45) is 5.92 Å². The molecule has 0 heterocycles. The third-order valence-electron chi connectivity index (χ3n) is 4.02. The lowest BCUT2D eigenvalue weighted by molar-refractivity contribution is -0.141. The molecule has 152 valence electrons. The van der Waals surface area contributed by atoms with Crippen LogP contribution in [0.4, 0.5) is 4.39 Å². The molecule has 2 aromatic rings. The molecule has 0 aliphatic carbocycles. The Bertz CT molecular complexity index is 893. The molecule has 2 aromatic carbocycles. The molecular weight excluding hydrogens is 375 g/mol. The second-order valence-corrected chi connectivity index (χ2v) is 6.92. The smallest absolute Gasteiger partial charge is 0.326 e. The van der Waals surface area contributed by atoms with Crippen molar-refractivity contribution >= 4 is 23.9 Å². The van der Waals surface area contributed by atoms with Crippen LogP contribution in [0.15, 0.2) is 60.3 Å². The molecule has 0 bridgehead atoms. The first-order chi connectivity index (χ1) is 13.8. The standard InChI is InChI=1S/C22H23FN2O4/c1-14(2)12-19(22(28)29)25-21(27)18(13-15-8-10-17(23)11-9-15)24-20(26)16-6-4-3-5-7-16/h3-11,13-14,19H,12H2,1-2H3,(H,24,26)(H,25,27)(H,28,29). The molecule has 0 aliphatic heterocycles. The Morgan fingerprint density at radius 3 is 2.21 bits per heavy atom. The van der Waals surface area contributed by atoms with Crippen LogP contribution in [0.1, 0.15) is 36.2 Å². The van der Waals surface area contributed by atoms with Gasteiger partial charge in [-0.3, -0.25) is 9.59 Å². The number of carboxylic acids is 1. The summed E-state index contributed by atoms with van der Waals surface area (Å²) >= 11 is 0. The third-order valence-corrected chi connectivity index (χ3v) is 4.02. The molecule has 29 heavy (non-hydrogen) atoms. The molecule has 0 aliphatic rings. The van der Waals surface area contributed by atoms with E-state index in [1.165, 1.54) is 30.3 Å².